The minimum absolute atomic E-state index is 0.443. The zero-order valence-corrected chi connectivity index (χ0v) is 9.10. The summed E-state index contributed by atoms with van der Waals surface area (Å²) in [5.41, 5.74) is 6.34. The van der Waals surface area contributed by atoms with Gasteiger partial charge in [0.05, 0.1) is 17.0 Å². The van der Waals surface area contributed by atoms with Crippen LogP contribution in [0.2, 0.25) is 5.02 Å². The van der Waals surface area contributed by atoms with Crippen molar-refractivity contribution in [1.82, 2.24) is 0 Å². The lowest BCUT2D eigenvalue weighted by atomic mass is 10.1. The summed E-state index contributed by atoms with van der Waals surface area (Å²) in [6, 6.07) is 5.22. The summed E-state index contributed by atoms with van der Waals surface area (Å²) in [6.07, 6.45) is 0. The molecule has 0 saturated heterocycles. The number of benzene rings is 1. The Morgan fingerprint density at radius 3 is 2.64 bits per heavy atom. The van der Waals surface area contributed by atoms with E-state index >= 15 is 0 Å². The molecule has 0 aliphatic carbocycles. The minimum atomic E-state index is -0.758. The van der Waals surface area contributed by atoms with E-state index in [2.05, 4.69) is 5.32 Å². The van der Waals surface area contributed by atoms with Gasteiger partial charge in [-0.05, 0) is 32.0 Å². The second kappa shape index (κ2) is 4.07. The molecule has 0 aliphatic heterocycles. The van der Waals surface area contributed by atoms with Crippen molar-refractivity contribution in [2.75, 3.05) is 17.6 Å². The van der Waals surface area contributed by atoms with Crippen LogP contribution in [0.15, 0.2) is 18.2 Å². The molecule has 14 heavy (non-hydrogen) atoms. The molecule has 0 bridgehead atoms. The summed E-state index contributed by atoms with van der Waals surface area (Å²) in [7, 11) is 0. The van der Waals surface area contributed by atoms with E-state index in [0.29, 0.717) is 17.3 Å². The Balaban J connectivity index is 2.68. The second-order valence-electron chi connectivity index (χ2n) is 3.90. The molecule has 1 aromatic rings. The van der Waals surface area contributed by atoms with E-state index in [1.165, 1.54) is 0 Å². The molecule has 0 unspecified atom stereocenters. The molecule has 0 fully saturated rings. The van der Waals surface area contributed by atoms with Gasteiger partial charge in [-0.15, -0.1) is 0 Å². The fourth-order valence-corrected chi connectivity index (χ4v) is 1.19. The van der Waals surface area contributed by atoms with Crippen molar-refractivity contribution in [1.29, 1.82) is 0 Å². The summed E-state index contributed by atoms with van der Waals surface area (Å²) in [5.74, 6) is 0. The first-order chi connectivity index (χ1) is 6.38. The van der Waals surface area contributed by atoms with Gasteiger partial charge in [-0.3, -0.25) is 0 Å². The highest BCUT2D eigenvalue weighted by Gasteiger charge is 2.12. The summed E-state index contributed by atoms with van der Waals surface area (Å²) in [6.45, 7) is 3.90. The molecule has 3 nitrogen and oxygen atoms in total. The van der Waals surface area contributed by atoms with Gasteiger partial charge in [-0.25, -0.2) is 0 Å². The topological polar surface area (TPSA) is 58.3 Å². The first kappa shape index (κ1) is 11.1. The fraction of sp³-hybridized carbons (Fsp3) is 0.400. The van der Waals surface area contributed by atoms with Crippen molar-refractivity contribution in [3.8, 4) is 0 Å². The van der Waals surface area contributed by atoms with E-state index in [0.717, 1.165) is 5.69 Å². The first-order valence-corrected chi connectivity index (χ1v) is 4.77. The molecule has 0 heterocycles. The monoisotopic (exact) mass is 214 g/mol. The molecule has 1 aromatic carbocycles. The van der Waals surface area contributed by atoms with E-state index in [4.69, 9.17) is 17.3 Å². The molecule has 0 saturated carbocycles. The Morgan fingerprint density at radius 2 is 2.14 bits per heavy atom. The van der Waals surface area contributed by atoms with Gasteiger partial charge in [-0.1, -0.05) is 11.6 Å². The van der Waals surface area contributed by atoms with Crippen LogP contribution in [0.5, 0.6) is 0 Å². The van der Waals surface area contributed by atoms with Crippen LogP contribution in [0.3, 0.4) is 0 Å². The van der Waals surface area contributed by atoms with Gasteiger partial charge in [0.1, 0.15) is 0 Å². The Hall–Kier alpha value is -0.930. The number of hydrogen-bond acceptors (Lipinski definition) is 3. The van der Waals surface area contributed by atoms with Crippen molar-refractivity contribution in [2.24, 2.45) is 0 Å². The maximum atomic E-state index is 9.50. The lowest BCUT2D eigenvalue weighted by molar-refractivity contribution is 0.0945. The number of aliphatic hydroxyl groups is 1. The highest BCUT2D eigenvalue weighted by molar-refractivity contribution is 6.31. The molecule has 78 valence electrons. The smallest absolute Gasteiger partial charge is 0.0763 e. The first-order valence-electron chi connectivity index (χ1n) is 4.40. The zero-order chi connectivity index (χ0) is 10.8. The van der Waals surface area contributed by atoms with Crippen LogP contribution in [0.1, 0.15) is 13.8 Å². The van der Waals surface area contributed by atoms with Gasteiger partial charge < -0.3 is 16.2 Å². The highest BCUT2D eigenvalue weighted by Crippen LogP contribution is 2.22. The highest BCUT2D eigenvalue weighted by atomic mass is 35.5. The van der Waals surface area contributed by atoms with Gasteiger partial charge in [0.25, 0.3) is 0 Å². The normalized spacial score (nSPS) is 11.4. The van der Waals surface area contributed by atoms with Gasteiger partial charge in [0.15, 0.2) is 0 Å². The standard InChI is InChI=1S/C10H15ClN2O/c1-10(2,14)6-13-9-4-3-7(11)5-8(9)12/h3-5,13-14H,6,12H2,1-2H3. The lowest BCUT2D eigenvalue weighted by Gasteiger charge is -2.19. The maximum absolute atomic E-state index is 9.50. The van der Waals surface area contributed by atoms with Crippen molar-refractivity contribution in [3.05, 3.63) is 23.2 Å². The quantitative estimate of drug-likeness (QED) is 0.676. The summed E-state index contributed by atoms with van der Waals surface area (Å²) in [4.78, 5) is 0. The Bertz CT molecular complexity index is 320. The van der Waals surface area contributed by atoms with Crippen molar-refractivity contribution >= 4 is 23.0 Å². The van der Waals surface area contributed by atoms with E-state index in [-0.39, 0.29) is 0 Å². The SMILES string of the molecule is CC(C)(O)CNc1ccc(Cl)cc1N. The van der Waals surface area contributed by atoms with Crippen LogP contribution >= 0.6 is 11.6 Å². The Morgan fingerprint density at radius 1 is 1.50 bits per heavy atom. The van der Waals surface area contributed by atoms with Crippen molar-refractivity contribution in [2.45, 2.75) is 19.4 Å². The molecule has 0 radical (unpaired) electrons. The molecule has 0 aliphatic rings. The third-order valence-corrected chi connectivity index (χ3v) is 1.96. The van der Waals surface area contributed by atoms with E-state index in [1.54, 1.807) is 32.0 Å². The van der Waals surface area contributed by atoms with Gasteiger partial charge >= 0.3 is 0 Å². The molecule has 0 spiro atoms. The summed E-state index contributed by atoms with van der Waals surface area (Å²) < 4.78 is 0. The molecule has 4 N–H and O–H groups in total. The average Bonchev–Trinajstić information content (AvgIpc) is 2.00. The lowest BCUT2D eigenvalue weighted by Crippen LogP contribution is -2.29. The fourth-order valence-electron chi connectivity index (χ4n) is 1.01. The molecule has 0 amide bonds. The molecule has 1 rings (SSSR count). The Labute approximate surface area is 88.9 Å². The minimum Gasteiger partial charge on any atom is -0.397 e. The van der Waals surface area contributed by atoms with Crippen LogP contribution in [0.25, 0.3) is 0 Å². The van der Waals surface area contributed by atoms with Crippen molar-refractivity contribution < 1.29 is 5.11 Å². The van der Waals surface area contributed by atoms with Crippen LogP contribution in [0.4, 0.5) is 11.4 Å². The number of nitrogens with one attached hydrogen (secondary N) is 1. The third kappa shape index (κ3) is 3.44. The number of anilines is 2. The Kier molecular flexibility index (Phi) is 3.24. The third-order valence-electron chi connectivity index (χ3n) is 1.73. The van der Waals surface area contributed by atoms with E-state index in [1.807, 2.05) is 0 Å². The average molecular weight is 215 g/mol. The van der Waals surface area contributed by atoms with Gasteiger partial charge in [0, 0.05) is 11.6 Å². The van der Waals surface area contributed by atoms with E-state index < -0.39 is 5.60 Å². The molecular formula is C10H15ClN2O. The largest absolute Gasteiger partial charge is 0.397 e. The maximum Gasteiger partial charge on any atom is 0.0763 e. The van der Waals surface area contributed by atoms with Crippen LogP contribution < -0.4 is 11.1 Å². The molecular weight excluding hydrogens is 200 g/mol. The summed E-state index contributed by atoms with van der Waals surface area (Å²) >= 11 is 5.75. The number of nitrogen functional groups attached to an aromatic ring is 1. The van der Waals surface area contributed by atoms with Gasteiger partial charge in [-0.2, -0.15) is 0 Å². The predicted octanol–water partition coefficient (Wildman–Crippen LogP) is 2.10. The zero-order valence-electron chi connectivity index (χ0n) is 8.34. The van der Waals surface area contributed by atoms with Crippen LogP contribution in [-0.4, -0.2) is 17.3 Å². The van der Waals surface area contributed by atoms with Crippen molar-refractivity contribution in [3.63, 3.8) is 0 Å². The number of hydrogen-bond donors (Lipinski definition) is 3. The number of nitrogens with two attached hydrogens (primary N) is 1. The predicted molar refractivity (Wildman–Crippen MR) is 60.7 cm³/mol. The van der Waals surface area contributed by atoms with E-state index in [9.17, 15) is 5.11 Å². The number of rotatable bonds is 3. The van der Waals surface area contributed by atoms with Gasteiger partial charge in [0.2, 0.25) is 0 Å². The molecule has 0 aromatic heterocycles. The molecule has 0 atom stereocenters. The molecule has 4 heteroatoms. The van der Waals surface area contributed by atoms with Crippen LogP contribution in [-0.2, 0) is 0 Å². The number of halogens is 1. The summed E-state index contributed by atoms with van der Waals surface area (Å²) in [5, 5.41) is 13.1. The second-order valence-corrected chi connectivity index (χ2v) is 4.33. The van der Waals surface area contributed by atoms with Crippen LogP contribution in [0, 0.1) is 0 Å².